The van der Waals surface area contributed by atoms with Crippen molar-refractivity contribution in [1.29, 1.82) is 0 Å². The molecule has 0 radical (unpaired) electrons. The third-order valence-electron chi connectivity index (χ3n) is 9.65. The molecule has 11 nitrogen and oxygen atoms in total. The van der Waals surface area contributed by atoms with Gasteiger partial charge in [0.05, 0.1) is 57.2 Å². The summed E-state index contributed by atoms with van der Waals surface area (Å²) in [4.78, 5) is 18.6. The van der Waals surface area contributed by atoms with Crippen molar-refractivity contribution >= 4 is 25.2 Å². The number of nitrogens with zero attached hydrogens (tertiary/aromatic N) is 3. The molecule has 3 aromatic carbocycles. The zero-order chi connectivity index (χ0) is 37.6. The van der Waals surface area contributed by atoms with Gasteiger partial charge in [-0.15, -0.1) is 0 Å². The number of para-hydroxylation sites is 2. The van der Waals surface area contributed by atoms with Crippen molar-refractivity contribution in [3.63, 3.8) is 0 Å². The number of piperidine rings is 1. The number of carboxylic acid groups (broad SMARTS) is 1. The Morgan fingerprint density at radius 3 is 2.43 bits per heavy atom. The first kappa shape index (κ1) is 40.2. The van der Waals surface area contributed by atoms with Crippen LogP contribution in [0, 0.1) is 0 Å². The normalized spacial score (nSPS) is 16.3. The molecule has 0 bridgehead atoms. The highest BCUT2D eigenvalue weighted by atomic mass is 28.3. The van der Waals surface area contributed by atoms with Crippen LogP contribution in [0.2, 0.25) is 25.7 Å². The smallest absolute Gasteiger partial charge is 0.407 e. The van der Waals surface area contributed by atoms with Gasteiger partial charge in [-0.2, -0.15) is 0 Å². The maximum Gasteiger partial charge on any atom is 0.407 e. The van der Waals surface area contributed by atoms with Crippen LogP contribution in [0.25, 0.3) is 11.0 Å². The fraction of sp³-hybridized carbons (Fsp3) is 0.512. The van der Waals surface area contributed by atoms with Gasteiger partial charge in [-0.25, -0.2) is 9.78 Å². The Labute approximate surface area is 315 Å². The first-order valence-corrected chi connectivity index (χ1v) is 22.4. The number of carbonyl (C=O) groups is 1. The molecule has 1 amide bonds. The summed E-state index contributed by atoms with van der Waals surface area (Å²) >= 11 is 0. The van der Waals surface area contributed by atoms with Crippen LogP contribution in [0.1, 0.15) is 47.7 Å². The minimum atomic E-state index is -1.21. The molecular formula is C41H57N3O8Si. The van der Waals surface area contributed by atoms with Crippen molar-refractivity contribution in [3.8, 4) is 11.5 Å². The van der Waals surface area contributed by atoms with Crippen LogP contribution in [-0.2, 0) is 45.3 Å². The zero-order valence-corrected chi connectivity index (χ0v) is 33.1. The largest absolute Gasteiger partial charge is 0.496 e. The van der Waals surface area contributed by atoms with Gasteiger partial charge in [-0.05, 0) is 48.7 Å². The first-order chi connectivity index (χ1) is 25.7. The average Bonchev–Trinajstić information content (AvgIpc) is 3.51. The van der Waals surface area contributed by atoms with E-state index in [4.69, 9.17) is 33.4 Å². The summed E-state index contributed by atoms with van der Waals surface area (Å²) in [6.45, 7) is 11.6. The van der Waals surface area contributed by atoms with Crippen LogP contribution in [0.5, 0.6) is 11.5 Å². The summed E-state index contributed by atoms with van der Waals surface area (Å²) in [5.74, 6) is 2.61. The Bertz CT molecular complexity index is 1720. The van der Waals surface area contributed by atoms with Gasteiger partial charge in [0.25, 0.3) is 0 Å². The average molecular weight is 748 g/mol. The van der Waals surface area contributed by atoms with E-state index in [1.165, 1.54) is 4.90 Å². The number of hydrogen-bond donors (Lipinski definition) is 1. The molecule has 1 aliphatic rings. The summed E-state index contributed by atoms with van der Waals surface area (Å²) in [6.07, 6.45) is 1.80. The molecule has 288 valence electrons. The quantitative estimate of drug-likeness (QED) is 0.0670. The van der Waals surface area contributed by atoms with E-state index < -0.39 is 14.2 Å². The van der Waals surface area contributed by atoms with Gasteiger partial charge in [0.2, 0.25) is 0 Å². The van der Waals surface area contributed by atoms with E-state index in [2.05, 4.69) is 42.4 Å². The summed E-state index contributed by atoms with van der Waals surface area (Å²) in [5, 5.41) is 9.86. The van der Waals surface area contributed by atoms with E-state index in [1.807, 2.05) is 48.5 Å². The van der Waals surface area contributed by atoms with E-state index in [0.717, 1.165) is 77.0 Å². The first-order valence-electron chi connectivity index (χ1n) is 18.7. The summed E-state index contributed by atoms with van der Waals surface area (Å²) in [6, 6.07) is 23.2. The Morgan fingerprint density at radius 2 is 1.68 bits per heavy atom. The van der Waals surface area contributed by atoms with Crippen molar-refractivity contribution in [2.45, 2.75) is 83.3 Å². The zero-order valence-electron chi connectivity index (χ0n) is 32.1. The van der Waals surface area contributed by atoms with Crippen molar-refractivity contribution in [2.75, 3.05) is 53.7 Å². The molecule has 1 N–H and O–H groups in total. The molecule has 0 aliphatic carbocycles. The lowest BCUT2D eigenvalue weighted by Crippen LogP contribution is -2.46. The van der Waals surface area contributed by atoms with Gasteiger partial charge < -0.3 is 43.0 Å². The lowest BCUT2D eigenvalue weighted by molar-refractivity contribution is -0.0196. The molecule has 2 heterocycles. The minimum absolute atomic E-state index is 0.0316. The van der Waals surface area contributed by atoms with Gasteiger partial charge >= 0.3 is 6.09 Å². The highest BCUT2D eigenvalue weighted by Crippen LogP contribution is 2.33. The molecule has 5 rings (SSSR count). The highest BCUT2D eigenvalue weighted by molar-refractivity contribution is 6.76. The van der Waals surface area contributed by atoms with Gasteiger partial charge in [-0.1, -0.05) is 62.1 Å². The molecule has 4 aromatic rings. The fourth-order valence-corrected chi connectivity index (χ4v) is 7.37. The number of ether oxygens (including phenoxy) is 6. The number of aromatic nitrogens is 2. The molecule has 12 heteroatoms. The molecule has 2 atom stereocenters. The Balaban J connectivity index is 1.21. The predicted molar refractivity (Wildman–Crippen MR) is 209 cm³/mol. The number of fused-ring (bicyclic) bond motifs is 1. The highest BCUT2D eigenvalue weighted by Gasteiger charge is 2.33. The standard InChI is InChI=1S/C41H57N3O8Si/c1-47-22-9-15-39-42-40-33(12-8-13-36(40)44(39)30-50-25-26-53(3,4)5)29-52-38-27-43(41(45)46)21-20-35(38)31-16-18-34(19-17-31)51-24-10-23-49-28-32-11-6-7-14-37(32)48-2/h6-8,11-14,16-19,35,38H,9-10,15,20-30H2,1-5H3,(H,45,46). The van der Waals surface area contributed by atoms with Crippen LogP contribution in [0.15, 0.2) is 66.7 Å². The molecule has 0 saturated carbocycles. The summed E-state index contributed by atoms with van der Waals surface area (Å²) < 4.78 is 37.6. The van der Waals surface area contributed by atoms with Gasteiger partial charge in [0.15, 0.2) is 0 Å². The molecule has 1 saturated heterocycles. The number of aryl methyl sites for hydroxylation is 1. The van der Waals surface area contributed by atoms with Crippen LogP contribution >= 0.6 is 0 Å². The van der Waals surface area contributed by atoms with Crippen molar-refractivity contribution < 1.29 is 38.3 Å². The lowest BCUT2D eigenvalue weighted by Gasteiger charge is -2.37. The van der Waals surface area contributed by atoms with Crippen molar-refractivity contribution in [3.05, 3.63) is 89.2 Å². The summed E-state index contributed by atoms with van der Waals surface area (Å²) in [7, 11) is 2.17. The Hall–Kier alpha value is -3.94. The molecule has 1 aliphatic heterocycles. The second-order valence-corrected chi connectivity index (χ2v) is 20.4. The summed E-state index contributed by atoms with van der Waals surface area (Å²) in [5.41, 5.74) is 5.00. The number of benzene rings is 3. The maximum absolute atomic E-state index is 12.0. The molecule has 53 heavy (non-hydrogen) atoms. The van der Waals surface area contributed by atoms with Crippen LogP contribution < -0.4 is 9.47 Å². The van der Waals surface area contributed by atoms with Crippen molar-refractivity contribution in [1.82, 2.24) is 14.5 Å². The predicted octanol–water partition coefficient (Wildman–Crippen LogP) is 7.97. The van der Waals surface area contributed by atoms with E-state index in [0.29, 0.717) is 59.3 Å². The number of imidazole rings is 1. The monoisotopic (exact) mass is 747 g/mol. The second-order valence-electron chi connectivity index (χ2n) is 14.8. The Kier molecular flexibility index (Phi) is 15.1. The van der Waals surface area contributed by atoms with Crippen LogP contribution in [0.4, 0.5) is 4.79 Å². The number of methoxy groups -OCH3 is 2. The van der Waals surface area contributed by atoms with E-state index >= 15 is 0 Å². The topological polar surface area (TPSA) is 114 Å². The van der Waals surface area contributed by atoms with Crippen molar-refractivity contribution in [2.24, 2.45) is 0 Å². The van der Waals surface area contributed by atoms with Gasteiger partial charge in [-0.3, -0.25) is 0 Å². The molecule has 1 fully saturated rings. The molecule has 2 unspecified atom stereocenters. The third-order valence-corrected chi connectivity index (χ3v) is 11.4. The minimum Gasteiger partial charge on any atom is -0.496 e. The fourth-order valence-electron chi connectivity index (χ4n) is 6.62. The molecular weight excluding hydrogens is 691 g/mol. The van der Waals surface area contributed by atoms with Gasteiger partial charge in [0.1, 0.15) is 24.1 Å². The molecule has 1 aromatic heterocycles. The van der Waals surface area contributed by atoms with E-state index in [-0.39, 0.29) is 12.0 Å². The molecule has 0 spiro atoms. The van der Waals surface area contributed by atoms with Gasteiger partial charge in [0, 0.05) is 64.8 Å². The number of likely N-dealkylation sites (tertiary alicyclic amines) is 1. The number of hydrogen-bond acceptors (Lipinski definition) is 8. The lowest BCUT2D eigenvalue weighted by atomic mass is 9.87. The number of amides is 1. The number of rotatable bonds is 21. The van der Waals surface area contributed by atoms with E-state index in [9.17, 15) is 9.90 Å². The SMILES string of the molecule is COCCCc1nc2c(COC3CN(C(=O)O)CCC3c3ccc(OCCCOCc4ccccc4OC)cc3)cccc2n1COCC[Si](C)(C)C. The van der Waals surface area contributed by atoms with Crippen LogP contribution in [0.3, 0.4) is 0 Å². The Morgan fingerprint density at radius 1 is 0.887 bits per heavy atom. The van der Waals surface area contributed by atoms with Crippen LogP contribution in [-0.4, -0.2) is 93.6 Å². The van der Waals surface area contributed by atoms with E-state index in [1.54, 1.807) is 14.2 Å². The second kappa shape index (κ2) is 19.9. The third kappa shape index (κ3) is 11.8. The maximum atomic E-state index is 12.0.